The molecule has 0 atom stereocenters. The largest absolute Gasteiger partial charge is 0.371 e. The monoisotopic (exact) mass is 278 g/mol. The van der Waals surface area contributed by atoms with Gasteiger partial charge in [-0.05, 0) is 25.0 Å². The second-order valence-electron chi connectivity index (χ2n) is 5.67. The Hall–Kier alpha value is -2.34. The summed E-state index contributed by atoms with van der Waals surface area (Å²) in [5.41, 5.74) is 1.85. The summed E-state index contributed by atoms with van der Waals surface area (Å²) in [5.74, 6) is 0.379. The van der Waals surface area contributed by atoms with Crippen LogP contribution >= 0.6 is 0 Å². The molecule has 1 aliphatic carbocycles. The van der Waals surface area contributed by atoms with Gasteiger partial charge in [0, 0.05) is 42.4 Å². The Bertz CT molecular complexity index is 720. The molecular weight excluding hydrogens is 260 g/mol. The molecule has 0 radical (unpaired) electrons. The van der Waals surface area contributed by atoms with Crippen molar-refractivity contribution in [2.45, 2.75) is 31.7 Å². The second kappa shape index (κ2) is 5.57. The first-order chi connectivity index (χ1) is 10.2. The number of anilines is 1. The van der Waals surface area contributed by atoms with Crippen molar-refractivity contribution in [3.05, 3.63) is 42.0 Å². The Morgan fingerprint density at radius 2 is 1.76 bits per heavy atom. The predicted molar refractivity (Wildman–Crippen MR) is 84.3 cm³/mol. The summed E-state index contributed by atoms with van der Waals surface area (Å²) < 4.78 is 0. The van der Waals surface area contributed by atoms with Crippen LogP contribution < -0.4 is 4.90 Å². The molecule has 2 aromatic carbocycles. The van der Waals surface area contributed by atoms with E-state index in [1.165, 1.54) is 0 Å². The number of Topliss-reactive ketones (excluding diaryl/α,β-unsaturated/α-hetero) is 1. The van der Waals surface area contributed by atoms with Crippen LogP contribution in [0.15, 0.2) is 36.4 Å². The number of nitrogens with zero attached hydrogens (tertiary/aromatic N) is 2. The number of carbonyl (C=O) groups excluding carboxylic acids is 1. The van der Waals surface area contributed by atoms with E-state index in [1.54, 1.807) is 0 Å². The summed E-state index contributed by atoms with van der Waals surface area (Å²) in [6, 6.07) is 14.6. The maximum absolute atomic E-state index is 11.4. The normalized spacial score (nSPS) is 15.9. The summed E-state index contributed by atoms with van der Waals surface area (Å²) in [7, 11) is 2.09. The van der Waals surface area contributed by atoms with Gasteiger partial charge in [-0.25, -0.2) is 0 Å². The summed E-state index contributed by atoms with van der Waals surface area (Å²) >= 11 is 0. The highest BCUT2D eigenvalue weighted by Gasteiger charge is 2.23. The average molecular weight is 278 g/mol. The zero-order valence-electron chi connectivity index (χ0n) is 12.2. The zero-order chi connectivity index (χ0) is 14.8. The summed E-state index contributed by atoms with van der Waals surface area (Å²) in [4.78, 5) is 13.7. The van der Waals surface area contributed by atoms with Gasteiger partial charge < -0.3 is 4.90 Å². The predicted octanol–water partition coefficient (Wildman–Crippen LogP) is 3.66. The van der Waals surface area contributed by atoms with Gasteiger partial charge in [-0.3, -0.25) is 4.79 Å². The van der Waals surface area contributed by atoms with E-state index in [1.807, 2.05) is 30.3 Å². The Morgan fingerprint density at radius 3 is 2.43 bits per heavy atom. The molecule has 0 unspecified atom stereocenters. The number of fused-ring (bicyclic) bond motifs is 1. The molecule has 0 saturated heterocycles. The molecular formula is C18H18N2O. The molecule has 3 rings (SSSR count). The number of rotatable bonds is 2. The standard InChI is InChI=1S/C18H18N2O/c1-20(14-7-9-15(21)10-8-14)18-11-6-13(12-19)16-4-2-3-5-17(16)18/h2-6,11,14H,7-10H2,1H3. The zero-order valence-corrected chi connectivity index (χ0v) is 12.2. The maximum atomic E-state index is 11.4. The van der Waals surface area contributed by atoms with E-state index in [4.69, 9.17) is 0 Å². The minimum atomic E-state index is 0.379. The average Bonchev–Trinajstić information content (AvgIpc) is 2.54. The highest BCUT2D eigenvalue weighted by atomic mass is 16.1. The fourth-order valence-electron chi connectivity index (χ4n) is 3.20. The molecule has 0 N–H and O–H groups in total. The Balaban J connectivity index is 2.01. The first-order valence-electron chi connectivity index (χ1n) is 7.37. The second-order valence-corrected chi connectivity index (χ2v) is 5.67. The molecule has 2 aromatic rings. The molecule has 0 aromatic heterocycles. The van der Waals surface area contributed by atoms with Gasteiger partial charge in [0.05, 0.1) is 11.6 Å². The van der Waals surface area contributed by atoms with Crippen LogP contribution in [0.1, 0.15) is 31.2 Å². The van der Waals surface area contributed by atoms with E-state index in [0.717, 1.165) is 29.3 Å². The van der Waals surface area contributed by atoms with Crippen molar-refractivity contribution < 1.29 is 4.79 Å². The lowest BCUT2D eigenvalue weighted by atomic mass is 9.92. The molecule has 1 aliphatic rings. The van der Waals surface area contributed by atoms with Crippen molar-refractivity contribution in [2.75, 3.05) is 11.9 Å². The Labute approximate surface area is 124 Å². The van der Waals surface area contributed by atoms with Crippen LogP contribution in [0.5, 0.6) is 0 Å². The molecule has 106 valence electrons. The van der Waals surface area contributed by atoms with Gasteiger partial charge in [0.1, 0.15) is 5.78 Å². The topological polar surface area (TPSA) is 44.1 Å². The van der Waals surface area contributed by atoms with E-state index in [2.05, 4.69) is 24.1 Å². The van der Waals surface area contributed by atoms with Gasteiger partial charge in [0.15, 0.2) is 0 Å². The fraction of sp³-hybridized carbons (Fsp3) is 0.333. The van der Waals surface area contributed by atoms with Gasteiger partial charge >= 0.3 is 0 Å². The highest BCUT2D eigenvalue weighted by Crippen LogP contribution is 2.32. The lowest BCUT2D eigenvalue weighted by molar-refractivity contribution is -0.120. The molecule has 1 fully saturated rings. The van der Waals surface area contributed by atoms with Gasteiger partial charge in [-0.15, -0.1) is 0 Å². The minimum Gasteiger partial charge on any atom is -0.371 e. The third kappa shape index (κ3) is 2.50. The van der Waals surface area contributed by atoms with Crippen LogP contribution in [0.2, 0.25) is 0 Å². The van der Waals surface area contributed by atoms with Crippen molar-refractivity contribution in [1.82, 2.24) is 0 Å². The summed E-state index contributed by atoms with van der Waals surface area (Å²) in [5, 5.41) is 11.3. The first-order valence-corrected chi connectivity index (χ1v) is 7.37. The van der Waals surface area contributed by atoms with Gasteiger partial charge in [-0.2, -0.15) is 5.26 Å². The molecule has 3 nitrogen and oxygen atoms in total. The van der Waals surface area contributed by atoms with Crippen LogP contribution in [-0.2, 0) is 4.79 Å². The molecule has 0 bridgehead atoms. The molecule has 0 heterocycles. The van der Waals surface area contributed by atoms with E-state index in [9.17, 15) is 10.1 Å². The first kappa shape index (κ1) is 13.6. The molecule has 21 heavy (non-hydrogen) atoms. The molecule has 0 amide bonds. The summed E-state index contributed by atoms with van der Waals surface area (Å²) in [6.45, 7) is 0. The number of hydrogen-bond acceptors (Lipinski definition) is 3. The number of carbonyl (C=O) groups is 1. The van der Waals surface area contributed by atoms with Crippen LogP contribution in [0.3, 0.4) is 0 Å². The number of ketones is 1. The van der Waals surface area contributed by atoms with Crippen LogP contribution in [0.25, 0.3) is 10.8 Å². The maximum Gasteiger partial charge on any atom is 0.133 e. The lowest BCUT2D eigenvalue weighted by Crippen LogP contribution is -2.35. The van der Waals surface area contributed by atoms with Gasteiger partial charge in [0.2, 0.25) is 0 Å². The highest BCUT2D eigenvalue weighted by molar-refractivity contribution is 5.98. The van der Waals surface area contributed by atoms with Crippen molar-refractivity contribution in [3.63, 3.8) is 0 Å². The van der Waals surface area contributed by atoms with E-state index < -0.39 is 0 Å². The van der Waals surface area contributed by atoms with Crippen LogP contribution in [0.4, 0.5) is 5.69 Å². The quantitative estimate of drug-likeness (QED) is 0.842. The summed E-state index contributed by atoms with van der Waals surface area (Å²) in [6.07, 6.45) is 3.21. The minimum absolute atomic E-state index is 0.379. The van der Waals surface area contributed by atoms with Crippen molar-refractivity contribution in [2.24, 2.45) is 0 Å². The number of benzene rings is 2. The van der Waals surface area contributed by atoms with E-state index in [-0.39, 0.29) is 0 Å². The van der Waals surface area contributed by atoms with Gasteiger partial charge in [0.25, 0.3) is 0 Å². The Kier molecular flexibility index (Phi) is 3.62. The SMILES string of the molecule is CN(c1ccc(C#N)c2ccccc12)C1CCC(=O)CC1. The lowest BCUT2D eigenvalue weighted by Gasteiger charge is -2.33. The third-order valence-electron chi connectivity index (χ3n) is 4.46. The van der Waals surface area contributed by atoms with Crippen molar-refractivity contribution in [3.8, 4) is 6.07 Å². The molecule has 3 heteroatoms. The number of nitriles is 1. The fourth-order valence-corrected chi connectivity index (χ4v) is 3.20. The Morgan fingerprint density at radius 1 is 1.10 bits per heavy atom. The van der Waals surface area contributed by atoms with Crippen molar-refractivity contribution >= 4 is 22.2 Å². The van der Waals surface area contributed by atoms with Crippen LogP contribution in [0, 0.1) is 11.3 Å². The van der Waals surface area contributed by atoms with E-state index >= 15 is 0 Å². The molecule has 1 saturated carbocycles. The number of hydrogen-bond donors (Lipinski definition) is 0. The van der Waals surface area contributed by atoms with Crippen molar-refractivity contribution in [1.29, 1.82) is 5.26 Å². The van der Waals surface area contributed by atoms with Crippen LogP contribution in [-0.4, -0.2) is 18.9 Å². The molecule has 0 spiro atoms. The molecule has 0 aliphatic heterocycles. The van der Waals surface area contributed by atoms with Gasteiger partial charge in [-0.1, -0.05) is 24.3 Å². The third-order valence-corrected chi connectivity index (χ3v) is 4.46. The van der Waals surface area contributed by atoms with E-state index in [0.29, 0.717) is 30.2 Å². The smallest absolute Gasteiger partial charge is 0.133 e.